The fourth-order valence-electron chi connectivity index (χ4n) is 2.78. The maximum absolute atomic E-state index is 12.3. The highest BCUT2D eigenvalue weighted by atomic mass is 16.2. The van der Waals surface area contributed by atoms with Crippen LogP contribution in [0.3, 0.4) is 0 Å². The summed E-state index contributed by atoms with van der Waals surface area (Å²) in [5, 5.41) is 9.84. The maximum atomic E-state index is 12.3. The third-order valence-electron chi connectivity index (χ3n) is 4.15. The molecular weight excluding hydrogens is 344 g/mol. The van der Waals surface area contributed by atoms with E-state index < -0.39 is 6.03 Å². The lowest BCUT2D eigenvalue weighted by molar-refractivity contribution is 0.262. The average molecular weight is 366 g/mol. The van der Waals surface area contributed by atoms with Crippen molar-refractivity contribution in [3.05, 3.63) is 63.2 Å². The molecule has 0 saturated carbocycles. The molecule has 0 bridgehead atoms. The number of nitrogens with zero attached hydrogens (tertiary/aromatic N) is 3. The largest absolute Gasteiger partial charge is 0.324 e. The number of H-pyrrole nitrogens is 1. The third kappa shape index (κ3) is 4.05. The summed E-state index contributed by atoms with van der Waals surface area (Å²) >= 11 is 0. The number of amides is 2. The Hall–Kier alpha value is -3.42. The molecule has 8 nitrogen and oxygen atoms in total. The summed E-state index contributed by atoms with van der Waals surface area (Å²) in [6.07, 6.45) is 0.594. The summed E-state index contributed by atoms with van der Waals surface area (Å²) in [7, 11) is 0. The molecule has 2 amide bonds. The van der Waals surface area contributed by atoms with Crippen LogP contribution in [0.2, 0.25) is 0 Å². The second kappa shape index (κ2) is 7.45. The molecule has 0 aliphatic rings. The minimum absolute atomic E-state index is 0.205. The van der Waals surface area contributed by atoms with Crippen molar-refractivity contribution >= 4 is 17.5 Å². The molecule has 0 saturated heterocycles. The van der Waals surface area contributed by atoms with Gasteiger partial charge in [-0.1, -0.05) is 24.6 Å². The monoisotopic (exact) mass is 366 g/mol. The molecule has 0 radical (unpaired) electrons. The van der Waals surface area contributed by atoms with E-state index in [0.29, 0.717) is 34.9 Å². The van der Waals surface area contributed by atoms with Gasteiger partial charge in [0, 0.05) is 23.0 Å². The first-order chi connectivity index (χ1) is 12.9. The van der Waals surface area contributed by atoms with Crippen LogP contribution in [0.1, 0.15) is 29.4 Å². The molecule has 0 aliphatic heterocycles. The van der Waals surface area contributed by atoms with Crippen LogP contribution in [0.4, 0.5) is 16.3 Å². The van der Waals surface area contributed by atoms with Gasteiger partial charge in [0.25, 0.3) is 5.56 Å². The minimum atomic E-state index is -0.413. The van der Waals surface area contributed by atoms with Crippen molar-refractivity contribution in [2.24, 2.45) is 0 Å². The number of hydrogen-bond acceptors (Lipinski definition) is 4. The number of aromatic nitrogens is 4. The smallest absolute Gasteiger partial charge is 0.308 e. The minimum Gasteiger partial charge on any atom is -0.308 e. The van der Waals surface area contributed by atoms with E-state index in [1.807, 2.05) is 38.1 Å². The van der Waals surface area contributed by atoms with E-state index in [9.17, 15) is 9.59 Å². The summed E-state index contributed by atoms with van der Waals surface area (Å²) in [6, 6.07) is 8.77. The highest BCUT2D eigenvalue weighted by molar-refractivity contribution is 5.99. The van der Waals surface area contributed by atoms with Gasteiger partial charge in [0.05, 0.1) is 5.69 Å². The van der Waals surface area contributed by atoms with E-state index >= 15 is 0 Å². The highest BCUT2D eigenvalue weighted by Gasteiger charge is 2.15. The Morgan fingerprint density at radius 3 is 2.48 bits per heavy atom. The van der Waals surface area contributed by atoms with Gasteiger partial charge in [-0.3, -0.25) is 15.1 Å². The number of benzene rings is 1. The van der Waals surface area contributed by atoms with E-state index in [1.54, 1.807) is 19.9 Å². The first-order valence-corrected chi connectivity index (χ1v) is 8.69. The second-order valence-electron chi connectivity index (χ2n) is 6.33. The van der Waals surface area contributed by atoms with Gasteiger partial charge in [0.15, 0.2) is 0 Å². The van der Waals surface area contributed by atoms with Crippen molar-refractivity contribution in [2.45, 2.75) is 34.1 Å². The normalized spacial score (nSPS) is 10.7. The summed E-state index contributed by atoms with van der Waals surface area (Å²) in [6.45, 7) is 7.46. The summed E-state index contributed by atoms with van der Waals surface area (Å²) in [5.74, 6) is 0.664. The Bertz CT molecular complexity index is 1030. The highest BCUT2D eigenvalue weighted by Crippen LogP contribution is 2.16. The number of urea groups is 1. The molecule has 2 aromatic heterocycles. The lowest BCUT2D eigenvalue weighted by atomic mass is 10.2. The molecular formula is C19H22N6O2. The van der Waals surface area contributed by atoms with Crippen LogP contribution in [-0.4, -0.2) is 25.8 Å². The van der Waals surface area contributed by atoms with Gasteiger partial charge < -0.3 is 5.32 Å². The van der Waals surface area contributed by atoms with E-state index in [2.05, 4.69) is 25.7 Å². The zero-order valence-electron chi connectivity index (χ0n) is 15.8. The zero-order valence-corrected chi connectivity index (χ0v) is 15.8. The predicted octanol–water partition coefficient (Wildman–Crippen LogP) is 3.09. The molecule has 0 spiro atoms. The first kappa shape index (κ1) is 18.4. The Morgan fingerprint density at radius 2 is 1.85 bits per heavy atom. The van der Waals surface area contributed by atoms with Crippen molar-refractivity contribution in [1.29, 1.82) is 0 Å². The fraction of sp³-hybridized carbons (Fsp3) is 0.263. The summed E-state index contributed by atoms with van der Waals surface area (Å²) in [4.78, 5) is 31.7. The van der Waals surface area contributed by atoms with Crippen LogP contribution in [0.25, 0.3) is 5.95 Å². The van der Waals surface area contributed by atoms with Crippen LogP contribution >= 0.6 is 0 Å². The van der Waals surface area contributed by atoms with E-state index in [4.69, 9.17) is 0 Å². The van der Waals surface area contributed by atoms with Crippen molar-refractivity contribution in [2.75, 3.05) is 10.6 Å². The number of hydrogen-bond donors (Lipinski definition) is 3. The third-order valence-corrected chi connectivity index (χ3v) is 4.15. The van der Waals surface area contributed by atoms with Crippen molar-refractivity contribution in [1.82, 2.24) is 19.7 Å². The fourth-order valence-corrected chi connectivity index (χ4v) is 2.78. The molecule has 27 heavy (non-hydrogen) atoms. The lowest BCUT2D eigenvalue weighted by Gasteiger charge is -2.11. The number of anilines is 2. The van der Waals surface area contributed by atoms with Crippen molar-refractivity contribution in [3.63, 3.8) is 0 Å². The van der Waals surface area contributed by atoms with Crippen LogP contribution in [-0.2, 0) is 6.42 Å². The SMILES string of the molecule is CCc1c(C)nc(-n2nc(C)cc2NC(=O)Nc2ccc(C)cc2)[nH]c1=O. The van der Waals surface area contributed by atoms with Gasteiger partial charge in [-0.2, -0.15) is 9.78 Å². The Kier molecular flexibility index (Phi) is 5.07. The molecule has 0 atom stereocenters. The molecule has 140 valence electrons. The molecule has 3 aromatic rings. The van der Waals surface area contributed by atoms with Gasteiger partial charge in [-0.05, 0) is 39.3 Å². The molecule has 3 rings (SSSR count). The Morgan fingerprint density at radius 1 is 1.15 bits per heavy atom. The van der Waals surface area contributed by atoms with Crippen LogP contribution in [0.5, 0.6) is 0 Å². The van der Waals surface area contributed by atoms with Crippen molar-refractivity contribution < 1.29 is 4.79 Å². The standard InChI is InChI=1S/C19H22N6O2/c1-5-15-13(4)20-18(23-17(15)26)25-16(10-12(3)24-25)22-19(27)21-14-8-6-11(2)7-9-14/h6-10H,5H2,1-4H3,(H,20,23,26)(H2,21,22,27). The van der Waals surface area contributed by atoms with E-state index in [-0.39, 0.29) is 11.5 Å². The first-order valence-electron chi connectivity index (χ1n) is 8.69. The molecule has 0 unspecified atom stereocenters. The number of aromatic amines is 1. The topological polar surface area (TPSA) is 105 Å². The maximum Gasteiger partial charge on any atom is 0.324 e. The molecule has 0 aliphatic carbocycles. The molecule has 0 fully saturated rings. The Balaban J connectivity index is 1.87. The van der Waals surface area contributed by atoms with Gasteiger partial charge in [-0.25, -0.2) is 9.78 Å². The number of aryl methyl sites for hydroxylation is 3. The lowest BCUT2D eigenvalue weighted by Crippen LogP contribution is -2.24. The van der Waals surface area contributed by atoms with Gasteiger partial charge >= 0.3 is 6.03 Å². The van der Waals surface area contributed by atoms with Gasteiger partial charge in [0.2, 0.25) is 5.95 Å². The molecule has 1 aromatic carbocycles. The number of nitrogens with one attached hydrogen (secondary N) is 3. The van der Waals surface area contributed by atoms with Crippen molar-refractivity contribution in [3.8, 4) is 5.95 Å². The number of rotatable bonds is 4. The molecule has 3 N–H and O–H groups in total. The van der Waals surface area contributed by atoms with Gasteiger partial charge in [-0.15, -0.1) is 0 Å². The summed E-state index contributed by atoms with van der Waals surface area (Å²) in [5.41, 5.74) is 3.53. The Labute approximate surface area is 156 Å². The van der Waals surface area contributed by atoms with E-state index in [0.717, 1.165) is 5.56 Å². The zero-order chi connectivity index (χ0) is 19.6. The number of carbonyl (C=O) groups excluding carboxylic acids is 1. The van der Waals surface area contributed by atoms with E-state index in [1.165, 1.54) is 4.68 Å². The summed E-state index contributed by atoms with van der Waals surface area (Å²) < 4.78 is 1.41. The average Bonchev–Trinajstić information content (AvgIpc) is 2.97. The number of carbonyl (C=O) groups is 1. The van der Waals surface area contributed by atoms with Crippen LogP contribution < -0.4 is 16.2 Å². The molecule has 2 heterocycles. The second-order valence-corrected chi connectivity index (χ2v) is 6.33. The van der Waals surface area contributed by atoms with Crippen LogP contribution in [0, 0.1) is 20.8 Å². The predicted molar refractivity (Wildman–Crippen MR) is 105 cm³/mol. The van der Waals surface area contributed by atoms with Crippen LogP contribution in [0.15, 0.2) is 35.1 Å². The molecule has 8 heteroatoms. The van der Waals surface area contributed by atoms with Gasteiger partial charge in [0.1, 0.15) is 5.82 Å². The quantitative estimate of drug-likeness (QED) is 0.660.